The number of hydrogen-bond donors (Lipinski definition) is 1. The number of aromatic hydroxyl groups is 1. The highest BCUT2D eigenvalue weighted by molar-refractivity contribution is 5.97. The van der Waals surface area contributed by atoms with Crippen molar-refractivity contribution in [1.82, 2.24) is 4.90 Å². The molecule has 0 atom stereocenters. The van der Waals surface area contributed by atoms with Crippen LogP contribution in [0.1, 0.15) is 36.0 Å². The molecule has 1 aromatic rings. The van der Waals surface area contributed by atoms with E-state index in [1.54, 1.807) is 4.90 Å². The molecule has 96 valence electrons. The van der Waals surface area contributed by atoms with Crippen molar-refractivity contribution in [2.45, 2.75) is 31.7 Å². The number of benzene rings is 1. The molecular formula is C14H16FNO2. The van der Waals surface area contributed by atoms with Crippen molar-refractivity contribution in [2.24, 2.45) is 5.92 Å². The summed E-state index contributed by atoms with van der Waals surface area (Å²) in [4.78, 5) is 14.1. The van der Waals surface area contributed by atoms with Crippen LogP contribution < -0.4 is 0 Å². The largest absolute Gasteiger partial charge is 0.507 e. The number of amides is 1. The molecule has 0 spiro atoms. The van der Waals surface area contributed by atoms with E-state index in [4.69, 9.17) is 0 Å². The van der Waals surface area contributed by atoms with Crippen molar-refractivity contribution < 1.29 is 14.3 Å². The van der Waals surface area contributed by atoms with Crippen molar-refractivity contribution in [3.05, 3.63) is 29.6 Å². The molecule has 3 nitrogen and oxygen atoms in total. The highest BCUT2D eigenvalue weighted by Gasteiger charge is 2.38. The molecule has 0 aliphatic heterocycles. The Hall–Kier alpha value is -1.58. The van der Waals surface area contributed by atoms with Crippen molar-refractivity contribution in [2.75, 3.05) is 6.54 Å². The fourth-order valence-electron chi connectivity index (χ4n) is 2.23. The second-order valence-electron chi connectivity index (χ2n) is 5.27. The Labute approximate surface area is 105 Å². The third-order valence-corrected chi connectivity index (χ3v) is 3.61. The van der Waals surface area contributed by atoms with Gasteiger partial charge in [-0.15, -0.1) is 0 Å². The SMILES string of the molecule is O=C(c1c(O)cccc1F)N(CC1CC1)C1CC1. The van der Waals surface area contributed by atoms with Gasteiger partial charge in [-0.2, -0.15) is 0 Å². The lowest BCUT2D eigenvalue weighted by Crippen LogP contribution is -2.35. The maximum atomic E-state index is 13.7. The maximum absolute atomic E-state index is 13.7. The van der Waals surface area contributed by atoms with Gasteiger partial charge in [-0.05, 0) is 43.7 Å². The first-order chi connectivity index (χ1) is 8.66. The molecule has 3 rings (SSSR count). The predicted octanol–water partition coefficient (Wildman–Crippen LogP) is 2.55. The van der Waals surface area contributed by atoms with Crippen LogP contribution in [0.2, 0.25) is 0 Å². The van der Waals surface area contributed by atoms with Gasteiger partial charge in [-0.25, -0.2) is 4.39 Å². The van der Waals surface area contributed by atoms with Gasteiger partial charge in [-0.3, -0.25) is 4.79 Å². The van der Waals surface area contributed by atoms with Crippen LogP contribution >= 0.6 is 0 Å². The summed E-state index contributed by atoms with van der Waals surface area (Å²) in [5, 5.41) is 9.68. The Bertz CT molecular complexity index is 460. The van der Waals surface area contributed by atoms with Gasteiger partial charge in [0.25, 0.3) is 5.91 Å². The summed E-state index contributed by atoms with van der Waals surface area (Å²) in [5.74, 6) is -0.689. The lowest BCUT2D eigenvalue weighted by molar-refractivity contribution is 0.0726. The van der Waals surface area contributed by atoms with E-state index in [1.165, 1.54) is 18.2 Å². The quantitative estimate of drug-likeness (QED) is 0.890. The monoisotopic (exact) mass is 249 g/mol. The van der Waals surface area contributed by atoms with Crippen LogP contribution in [0.4, 0.5) is 4.39 Å². The zero-order valence-corrected chi connectivity index (χ0v) is 10.1. The van der Waals surface area contributed by atoms with Crippen molar-refractivity contribution in [3.8, 4) is 5.75 Å². The highest BCUT2D eigenvalue weighted by Crippen LogP contribution is 2.36. The Morgan fingerprint density at radius 1 is 1.33 bits per heavy atom. The molecule has 1 N–H and O–H groups in total. The number of halogens is 1. The van der Waals surface area contributed by atoms with Gasteiger partial charge >= 0.3 is 0 Å². The lowest BCUT2D eigenvalue weighted by Gasteiger charge is -2.23. The van der Waals surface area contributed by atoms with Crippen LogP contribution in [-0.2, 0) is 0 Å². The molecule has 18 heavy (non-hydrogen) atoms. The molecule has 0 unspecified atom stereocenters. The molecule has 1 aromatic carbocycles. The van der Waals surface area contributed by atoms with Gasteiger partial charge in [0.2, 0.25) is 0 Å². The fraction of sp³-hybridized carbons (Fsp3) is 0.500. The number of rotatable bonds is 4. The predicted molar refractivity (Wildman–Crippen MR) is 64.8 cm³/mol. The Morgan fingerprint density at radius 2 is 2.06 bits per heavy atom. The van der Waals surface area contributed by atoms with E-state index in [0.717, 1.165) is 25.7 Å². The number of hydrogen-bond acceptors (Lipinski definition) is 2. The second kappa shape index (κ2) is 4.26. The first kappa shape index (κ1) is 11.5. The molecular weight excluding hydrogens is 233 g/mol. The number of carbonyl (C=O) groups is 1. The van der Waals surface area contributed by atoms with E-state index in [-0.39, 0.29) is 23.3 Å². The van der Waals surface area contributed by atoms with Crippen molar-refractivity contribution >= 4 is 5.91 Å². The van der Waals surface area contributed by atoms with Crippen LogP contribution in [0.25, 0.3) is 0 Å². The second-order valence-corrected chi connectivity index (χ2v) is 5.27. The normalized spacial score (nSPS) is 18.7. The summed E-state index contributed by atoms with van der Waals surface area (Å²) in [5.41, 5.74) is -0.176. The number of phenols is 1. The third-order valence-electron chi connectivity index (χ3n) is 3.61. The average molecular weight is 249 g/mol. The Morgan fingerprint density at radius 3 is 2.61 bits per heavy atom. The lowest BCUT2D eigenvalue weighted by atomic mass is 10.1. The Balaban J connectivity index is 1.86. The summed E-state index contributed by atoms with van der Waals surface area (Å²) in [6.45, 7) is 0.706. The van der Waals surface area contributed by atoms with Crippen LogP contribution in [0.15, 0.2) is 18.2 Å². The van der Waals surface area contributed by atoms with E-state index < -0.39 is 5.82 Å². The summed E-state index contributed by atoms with van der Waals surface area (Å²) in [6, 6.07) is 4.23. The zero-order valence-electron chi connectivity index (χ0n) is 10.1. The maximum Gasteiger partial charge on any atom is 0.260 e. The van der Waals surface area contributed by atoms with Crippen LogP contribution in [0.5, 0.6) is 5.75 Å². The number of carbonyl (C=O) groups excluding carboxylic acids is 1. The van der Waals surface area contributed by atoms with Crippen molar-refractivity contribution in [3.63, 3.8) is 0 Å². The zero-order chi connectivity index (χ0) is 12.7. The van der Waals surface area contributed by atoms with Gasteiger partial charge in [0, 0.05) is 12.6 Å². The highest BCUT2D eigenvalue weighted by atomic mass is 19.1. The summed E-state index contributed by atoms with van der Waals surface area (Å²) in [6.07, 6.45) is 4.29. The standard InChI is InChI=1S/C14H16FNO2/c15-11-2-1-3-12(17)13(11)14(18)16(10-6-7-10)8-9-4-5-9/h1-3,9-10,17H,4-8H2. The summed E-state index contributed by atoms with van der Waals surface area (Å²) >= 11 is 0. The molecule has 2 aliphatic carbocycles. The first-order valence-electron chi connectivity index (χ1n) is 6.45. The summed E-state index contributed by atoms with van der Waals surface area (Å²) < 4.78 is 13.7. The van der Waals surface area contributed by atoms with Gasteiger partial charge in [-0.1, -0.05) is 6.07 Å². The third kappa shape index (κ3) is 2.19. The molecule has 2 fully saturated rings. The molecule has 2 saturated carbocycles. The van der Waals surface area contributed by atoms with Crippen LogP contribution in [0, 0.1) is 11.7 Å². The topological polar surface area (TPSA) is 40.5 Å². The Kier molecular flexibility index (Phi) is 2.73. The summed E-state index contributed by atoms with van der Waals surface area (Å²) in [7, 11) is 0. The van der Waals surface area contributed by atoms with E-state index in [9.17, 15) is 14.3 Å². The van der Waals surface area contributed by atoms with Gasteiger partial charge < -0.3 is 10.0 Å². The van der Waals surface area contributed by atoms with E-state index in [2.05, 4.69) is 0 Å². The molecule has 0 aromatic heterocycles. The molecule has 2 aliphatic rings. The number of phenolic OH excluding ortho intramolecular Hbond substituents is 1. The molecule has 0 radical (unpaired) electrons. The van der Waals surface area contributed by atoms with Gasteiger partial charge in [0.05, 0.1) is 0 Å². The van der Waals surface area contributed by atoms with E-state index in [1.807, 2.05) is 0 Å². The molecule has 0 saturated heterocycles. The fourth-order valence-corrected chi connectivity index (χ4v) is 2.23. The minimum atomic E-state index is -0.638. The van der Waals surface area contributed by atoms with Gasteiger partial charge in [0.15, 0.2) is 0 Å². The van der Waals surface area contributed by atoms with Crippen LogP contribution in [-0.4, -0.2) is 28.5 Å². The first-order valence-corrected chi connectivity index (χ1v) is 6.45. The average Bonchev–Trinajstić information content (AvgIpc) is 3.18. The minimum Gasteiger partial charge on any atom is -0.507 e. The van der Waals surface area contributed by atoms with Crippen LogP contribution in [0.3, 0.4) is 0 Å². The molecule has 0 bridgehead atoms. The van der Waals surface area contributed by atoms with E-state index >= 15 is 0 Å². The van der Waals surface area contributed by atoms with Crippen molar-refractivity contribution in [1.29, 1.82) is 0 Å². The molecule has 1 amide bonds. The van der Waals surface area contributed by atoms with Gasteiger partial charge in [0.1, 0.15) is 17.1 Å². The van der Waals surface area contributed by atoms with E-state index in [0.29, 0.717) is 12.5 Å². The minimum absolute atomic E-state index is 0.176. The molecule has 4 heteroatoms. The molecule has 0 heterocycles. The smallest absolute Gasteiger partial charge is 0.260 e. The number of nitrogens with zero attached hydrogens (tertiary/aromatic N) is 1.